The van der Waals surface area contributed by atoms with Crippen LogP contribution in [0.25, 0.3) is 0 Å². The lowest BCUT2D eigenvalue weighted by Crippen LogP contribution is -2.21. The molecule has 1 aromatic rings. The second-order valence-corrected chi connectivity index (χ2v) is 6.37. The summed E-state index contributed by atoms with van der Waals surface area (Å²) >= 11 is 5.57. The van der Waals surface area contributed by atoms with Gasteiger partial charge >= 0.3 is 0 Å². The minimum atomic E-state index is -3.64. The first kappa shape index (κ1) is 13.9. The number of aliphatic hydroxyl groups is 1. The molecule has 17 heavy (non-hydrogen) atoms. The third-order valence-corrected chi connectivity index (χ3v) is 4.37. The largest absolute Gasteiger partial charge is 0.386 e. The summed E-state index contributed by atoms with van der Waals surface area (Å²) in [6.45, 7) is 0. The average molecular weight is 280 g/mol. The Labute approximate surface area is 103 Å². The summed E-state index contributed by atoms with van der Waals surface area (Å²) in [4.78, 5) is 9.88. The number of halogens is 1. The number of hydrogen-bond donors (Lipinski definition) is 1. The summed E-state index contributed by atoms with van der Waals surface area (Å²) in [6.07, 6.45) is -0.628. The molecule has 0 aliphatic rings. The molecule has 0 fully saturated rings. The lowest BCUT2D eigenvalue weighted by atomic mass is 10.1. The van der Waals surface area contributed by atoms with E-state index in [1.165, 1.54) is 18.2 Å². The van der Waals surface area contributed by atoms with E-state index in [2.05, 4.69) is 0 Å². The van der Waals surface area contributed by atoms with Crippen LogP contribution in [0.1, 0.15) is 11.7 Å². The summed E-state index contributed by atoms with van der Waals surface area (Å²) in [5.41, 5.74) is -0.149. The molecule has 8 heteroatoms. The zero-order valence-electron chi connectivity index (χ0n) is 8.78. The number of alkyl halides is 1. The van der Waals surface area contributed by atoms with Crippen molar-refractivity contribution in [3.05, 3.63) is 39.9 Å². The fraction of sp³-hybridized carbons (Fsp3) is 0.333. The normalized spacial score (nSPS) is 15.2. The van der Waals surface area contributed by atoms with Crippen LogP contribution in [0, 0.1) is 10.1 Å². The molecule has 0 radical (unpaired) electrons. The van der Waals surface area contributed by atoms with E-state index in [1.54, 1.807) is 0 Å². The topological polar surface area (TPSA) is 97.5 Å². The van der Waals surface area contributed by atoms with Crippen molar-refractivity contribution in [3.63, 3.8) is 0 Å². The molecule has 0 aliphatic carbocycles. The van der Waals surface area contributed by atoms with Crippen LogP contribution >= 0.6 is 11.6 Å². The molecule has 6 nitrogen and oxygen atoms in total. The molecule has 1 N–H and O–H groups in total. The van der Waals surface area contributed by atoms with E-state index in [1.807, 2.05) is 0 Å². The number of rotatable bonds is 4. The van der Waals surface area contributed by atoms with Crippen LogP contribution in [0.4, 0.5) is 5.69 Å². The highest BCUT2D eigenvalue weighted by molar-refractivity contribution is 7.92. The quantitative estimate of drug-likeness (QED) is 0.508. The first-order valence-corrected chi connectivity index (χ1v) is 6.88. The number of nitro groups is 1. The second kappa shape index (κ2) is 4.99. The number of sulfone groups is 1. The Morgan fingerprint density at radius 2 is 2.06 bits per heavy atom. The number of benzene rings is 1. The molecule has 1 rings (SSSR count). The number of nitrogens with zero attached hydrogens (tertiary/aromatic N) is 1. The van der Waals surface area contributed by atoms with Gasteiger partial charge in [0.05, 0.1) is 4.92 Å². The number of non-ortho nitro benzene ring substituents is 1. The van der Waals surface area contributed by atoms with Gasteiger partial charge in [-0.1, -0.05) is 12.1 Å². The first-order chi connectivity index (χ1) is 7.73. The lowest BCUT2D eigenvalue weighted by molar-refractivity contribution is -0.385. The van der Waals surface area contributed by atoms with E-state index in [0.29, 0.717) is 0 Å². The summed E-state index contributed by atoms with van der Waals surface area (Å²) < 4.78 is 20.7. The minimum absolute atomic E-state index is 0.0876. The van der Waals surface area contributed by atoms with Crippen LogP contribution < -0.4 is 0 Å². The maximum atomic E-state index is 11.1. The number of nitro benzene ring substituents is 1. The highest BCUT2D eigenvalue weighted by atomic mass is 35.5. The predicted octanol–water partition coefficient (Wildman–Crippen LogP) is 1.24. The highest BCUT2D eigenvalue weighted by Gasteiger charge is 2.28. The van der Waals surface area contributed by atoms with Crippen LogP contribution in [0.5, 0.6) is 0 Å². The lowest BCUT2D eigenvalue weighted by Gasteiger charge is -2.15. The molecule has 94 valence electrons. The fourth-order valence-electron chi connectivity index (χ4n) is 1.21. The van der Waals surface area contributed by atoms with Gasteiger partial charge in [0, 0.05) is 18.4 Å². The van der Waals surface area contributed by atoms with Gasteiger partial charge in [-0.25, -0.2) is 8.42 Å². The van der Waals surface area contributed by atoms with E-state index in [0.717, 1.165) is 12.3 Å². The molecule has 0 saturated carbocycles. The second-order valence-electron chi connectivity index (χ2n) is 3.48. The van der Waals surface area contributed by atoms with Crippen molar-refractivity contribution in [3.8, 4) is 0 Å². The van der Waals surface area contributed by atoms with Crippen molar-refractivity contribution in [2.75, 3.05) is 6.26 Å². The maximum Gasteiger partial charge on any atom is 0.269 e. The third kappa shape index (κ3) is 3.39. The van der Waals surface area contributed by atoms with Crippen molar-refractivity contribution in [2.45, 2.75) is 10.8 Å². The molecule has 0 amide bonds. The van der Waals surface area contributed by atoms with Gasteiger partial charge in [-0.15, -0.1) is 11.6 Å². The van der Waals surface area contributed by atoms with Crippen LogP contribution in [0.3, 0.4) is 0 Å². The highest BCUT2D eigenvalue weighted by Crippen LogP contribution is 2.27. The molecule has 1 aromatic carbocycles. The zero-order valence-corrected chi connectivity index (χ0v) is 10.4. The molecule has 0 aromatic heterocycles. The SMILES string of the molecule is CS(=O)(=O)[C@@H](Cl)[C@H](O)c1cccc([N+](=O)[O-])c1. The molecule has 2 atom stereocenters. The Hall–Kier alpha value is -1.18. The number of aliphatic hydroxyl groups excluding tert-OH is 1. The Bertz CT molecular complexity index is 530. The van der Waals surface area contributed by atoms with Gasteiger partial charge in [0.1, 0.15) is 6.10 Å². The molecule has 0 saturated heterocycles. The van der Waals surface area contributed by atoms with Crippen molar-refractivity contribution in [1.82, 2.24) is 0 Å². The van der Waals surface area contributed by atoms with Crippen LogP contribution in [0.2, 0.25) is 0 Å². The number of hydrogen-bond acceptors (Lipinski definition) is 5. The minimum Gasteiger partial charge on any atom is -0.386 e. The molecular formula is C9H10ClNO5S. The van der Waals surface area contributed by atoms with Crippen LogP contribution in [-0.4, -0.2) is 29.4 Å². The van der Waals surface area contributed by atoms with E-state index in [9.17, 15) is 23.6 Å². The molecule has 0 bridgehead atoms. The fourth-order valence-corrected chi connectivity index (χ4v) is 1.98. The van der Waals surface area contributed by atoms with Gasteiger partial charge in [0.2, 0.25) is 0 Å². The van der Waals surface area contributed by atoms with E-state index in [4.69, 9.17) is 11.6 Å². The van der Waals surface area contributed by atoms with E-state index < -0.39 is 25.6 Å². The van der Waals surface area contributed by atoms with Gasteiger partial charge in [-0.05, 0) is 5.56 Å². The first-order valence-electron chi connectivity index (χ1n) is 4.49. The van der Waals surface area contributed by atoms with Gasteiger partial charge in [-0.3, -0.25) is 10.1 Å². The van der Waals surface area contributed by atoms with Crippen molar-refractivity contribution >= 4 is 27.1 Å². The smallest absolute Gasteiger partial charge is 0.269 e. The van der Waals surface area contributed by atoms with Crippen LogP contribution in [-0.2, 0) is 9.84 Å². The monoisotopic (exact) mass is 279 g/mol. The van der Waals surface area contributed by atoms with E-state index in [-0.39, 0.29) is 11.3 Å². The van der Waals surface area contributed by atoms with Gasteiger partial charge in [-0.2, -0.15) is 0 Å². The Morgan fingerprint density at radius 3 is 2.53 bits per heavy atom. The predicted molar refractivity (Wildman–Crippen MR) is 62.5 cm³/mol. The third-order valence-electron chi connectivity index (χ3n) is 2.08. The zero-order chi connectivity index (χ0) is 13.2. The maximum absolute atomic E-state index is 11.1. The summed E-state index contributed by atoms with van der Waals surface area (Å²) in [5, 5.41) is 20.2. The van der Waals surface area contributed by atoms with Crippen molar-refractivity contribution < 1.29 is 18.4 Å². The molecule has 0 aliphatic heterocycles. The van der Waals surface area contributed by atoms with Crippen molar-refractivity contribution in [1.29, 1.82) is 0 Å². The Kier molecular flexibility index (Phi) is 4.07. The Balaban J connectivity index is 3.09. The average Bonchev–Trinajstić information content (AvgIpc) is 2.26. The summed E-state index contributed by atoms with van der Waals surface area (Å²) in [6, 6.07) is 5.05. The van der Waals surface area contributed by atoms with E-state index >= 15 is 0 Å². The summed E-state index contributed by atoms with van der Waals surface area (Å²) in [5.74, 6) is 0. The van der Waals surface area contributed by atoms with Gasteiger partial charge in [0.15, 0.2) is 14.5 Å². The molecule has 0 unspecified atom stereocenters. The van der Waals surface area contributed by atoms with Gasteiger partial charge in [0.25, 0.3) is 5.69 Å². The molecular weight excluding hydrogens is 270 g/mol. The van der Waals surface area contributed by atoms with Crippen molar-refractivity contribution in [2.24, 2.45) is 0 Å². The molecule has 0 spiro atoms. The van der Waals surface area contributed by atoms with Crippen LogP contribution in [0.15, 0.2) is 24.3 Å². The molecule has 0 heterocycles. The Morgan fingerprint density at radius 1 is 1.47 bits per heavy atom. The standard InChI is InChI=1S/C9H10ClNO5S/c1-17(15,16)9(10)8(12)6-3-2-4-7(5-6)11(13)14/h2-5,8-9,12H,1H3/t8-,9-/m1/s1. The van der Waals surface area contributed by atoms with Gasteiger partial charge < -0.3 is 5.11 Å². The summed E-state index contributed by atoms with van der Waals surface area (Å²) in [7, 11) is -3.64.